The largest absolute Gasteiger partial charge is 0.352 e. The molecule has 33 heavy (non-hydrogen) atoms. The maximum absolute atomic E-state index is 14.9. The minimum Gasteiger partial charge on any atom is -0.352 e. The van der Waals surface area contributed by atoms with Gasteiger partial charge in [-0.05, 0) is 23.8 Å². The van der Waals surface area contributed by atoms with Crippen LogP contribution in [0.3, 0.4) is 0 Å². The van der Waals surface area contributed by atoms with Gasteiger partial charge < -0.3 is 15.5 Å². The van der Waals surface area contributed by atoms with Crippen molar-refractivity contribution in [1.82, 2.24) is 20.6 Å². The number of thiazole rings is 1. The van der Waals surface area contributed by atoms with Gasteiger partial charge in [0.1, 0.15) is 0 Å². The monoisotopic (exact) mass is 532 g/mol. The number of rotatable bonds is 6. The van der Waals surface area contributed by atoms with Crippen LogP contribution in [0.15, 0.2) is 46.4 Å². The fourth-order valence-electron chi connectivity index (χ4n) is 3.65. The third kappa shape index (κ3) is 5.51. The summed E-state index contributed by atoms with van der Waals surface area (Å²) in [6, 6.07) is 9.27. The topological polar surface area (TPSA) is 82.2 Å². The molecule has 7 nitrogen and oxygen atoms in total. The molecule has 1 aliphatic heterocycles. The second-order valence-electron chi connectivity index (χ2n) is 8.32. The Balaban J connectivity index is 1.37. The van der Waals surface area contributed by atoms with Gasteiger partial charge >= 0.3 is 6.03 Å². The predicted octanol–water partition coefficient (Wildman–Crippen LogP) is 4.50. The zero-order chi connectivity index (χ0) is 23.4. The average Bonchev–Trinajstić information content (AvgIpc) is 3.28. The molecule has 3 heterocycles. The van der Waals surface area contributed by atoms with Crippen LogP contribution in [0, 0.1) is 5.82 Å². The number of pyridine rings is 1. The molecular weight excluding hydrogens is 507 g/mol. The standard InChI is InChI=1S/C23H26BrFN6OS/c1-23(2,16-3-5-17(24)6-4-16)18-14-33-22(29-18)30-21(32)28-13-15-7-8-27-20(19(15)25)31-11-9-26-10-12-31/h3-8,14,26H,9-13H2,1-2H3,(H2,28,29,30,32). The lowest BCUT2D eigenvalue weighted by Gasteiger charge is -2.29. The zero-order valence-electron chi connectivity index (χ0n) is 18.5. The van der Waals surface area contributed by atoms with E-state index in [-0.39, 0.29) is 12.0 Å². The third-order valence-electron chi connectivity index (χ3n) is 5.74. The first-order valence-electron chi connectivity index (χ1n) is 10.7. The first-order valence-corrected chi connectivity index (χ1v) is 12.4. The van der Waals surface area contributed by atoms with Crippen LogP contribution in [0.25, 0.3) is 0 Å². The van der Waals surface area contributed by atoms with Crippen molar-refractivity contribution in [1.29, 1.82) is 0 Å². The molecule has 2 amide bonds. The average molecular weight is 533 g/mol. The smallest absolute Gasteiger partial charge is 0.321 e. The molecule has 3 N–H and O–H groups in total. The second kappa shape index (κ2) is 10.1. The number of nitrogens with one attached hydrogen (secondary N) is 3. The van der Waals surface area contributed by atoms with Gasteiger partial charge in [0.2, 0.25) is 0 Å². The fourth-order valence-corrected chi connectivity index (χ4v) is 4.79. The number of anilines is 2. The van der Waals surface area contributed by atoms with Gasteiger partial charge in [0.05, 0.1) is 5.69 Å². The molecular formula is C23H26BrFN6OS. The van der Waals surface area contributed by atoms with Crippen LogP contribution < -0.4 is 20.9 Å². The second-order valence-corrected chi connectivity index (χ2v) is 10.1. The molecule has 0 spiro atoms. The highest BCUT2D eigenvalue weighted by Gasteiger charge is 2.26. The highest BCUT2D eigenvalue weighted by Crippen LogP contribution is 2.34. The van der Waals surface area contributed by atoms with Crippen LogP contribution in [0.2, 0.25) is 0 Å². The molecule has 1 fully saturated rings. The van der Waals surface area contributed by atoms with Gasteiger partial charge in [0, 0.05) is 59.8 Å². The number of carbonyl (C=O) groups excluding carboxylic acids is 1. The van der Waals surface area contributed by atoms with E-state index in [1.807, 2.05) is 22.4 Å². The molecule has 0 aliphatic carbocycles. The van der Waals surface area contributed by atoms with Crippen molar-refractivity contribution in [2.75, 3.05) is 36.4 Å². The summed E-state index contributed by atoms with van der Waals surface area (Å²) in [5.74, 6) is -0.0663. The normalized spacial score (nSPS) is 14.2. The first kappa shape index (κ1) is 23.6. The molecule has 1 saturated heterocycles. The van der Waals surface area contributed by atoms with E-state index in [2.05, 4.69) is 67.8 Å². The lowest BCUT2D eigenvalue weighted by atomic mass is 9.82. The van der Waals surface area contributed by atoms with E-state index in [1.165, 1.54) is 11.3 Å². The number of carbonyl (C=O) groups is 1. The maximum atomic E-state index is 14.9. The molecule has 4 rings (SSSR count). The van der Waals surface area contributed by atoms with Gasteiger partial charge in [-0.1, -0.05) is 41.9 Å². The van der Waals surface area contributed by atoms with E-state index < -0.39 is 11.8 Å². The number of hydrogen-bond acceptors (Lipinski definition) is 6. The van der Waals surface area contributed by atoms with Crippen molar-refractivity contribution in [2.24, 2.45) is 0 Å². The number of benzene rings is 1. The fraction of sp³-hybridized carbons (Fsp3) is 0.348. The van der Waals surface area contributed by atoms with Crippen molar-refractivity contribution < 1.29 is 9.18 Å². The van der Waals surface area contributed by atoms with Gasteiger partial charge in [-0.25, -0.2) is 19.2 Å². The van der Waals surface area contributed by atoms with E-state index >= 15 is 0 Å². The Kier molecular flexibility index (Phi) is 7.26. The summed E-state index contributed by atoms with van der Waals surface area (Å²) in [5.41, 5.74) is 2.07. The highest BCUT2D eigenvalue weighted by molar-refractivity contribution is 9.10. The summed E-state index contributed by atoms with van der Waals surface area (Å²) in [7, 11) is 0. The van der Waals surface area contributed by atoms with Crippen molar-refractivity contribution in [2.45, 2.75) is 25.8 Å². The van der Waals surface area contributed by atoms with E-state index in [1.54, 1.807) is 12.3 Å². The number of aromatic nitrogens is 2. The van der Waals surface area contributed by atoms with Crippen molar-refractivity contribution in [3.63, 3.8) is 0 Å². The minimum absolute atomic E-state index is 0.0574. The molecule has 10 heteroatoms. The molecule has 2 aromatic heterocycles. The van der Waals surface area contributed by atoms with Gasteiger partial charge in [-0.3, -0.25) is 5.32 Å². The van der Waals surface area contributed by atoms with Crippen LogP contribution in [0.5, 0.6) is 0 Å². The Morgan fingerprint density at radius 3 is 2.70 bits per heavy atom. The maximum Gasteiger partial charge on any atom is 0.321 e. The summed E-state index contributed by atoms with van der Waals surface area (Å²) >= 11 is 4.82. The Morgan fingerprint density at radius 1 is 1.24 bits per heavy atom. The summed E-state index contributed by atoms with van der Waals surface area (Å²) < 4.78 is 16.0. The minimum atomic E-state index is -0.433. The van der Waals surface area contributed by atoms with Gasteiger partial charge in [-0.15, -0.1) is 11.3 Å². The molecule has 1 aliphatic rings. The Morgan fingerprint density at radius 2 is 1.97 bits per heavy atom. The quantitative estimate of drug-likeness (QED) is 0.435. The molecule has 1 aromatic carbocycles. The third-order valence-corrected chi connectivity index (χ3v) is 7.02. The van der Waals surface area contributed by atoms with E-state index in [0.29, 0.717) is 29.6 Å². The number of amides is 2. The van der Waals surface area contributed by atoms with E-state index in [4.69, 9.17) is 0 Å². The number of nitrogens with zero attached hydrogens (tertiary/aromatic N) is 3. The van der Waals surface area contributed by atoms with Crippen LogP contribution >= 0.6 is 27.3 Å². The molecule has 0 saturated carbocycles. The Labute approximate surface area is 205 Å². The molecule has 174 valence electrons. The van der Waals surface area contributed by atoms with E-state index in [9.17, 15) is 9.18 Å². The molecule has 0 unspecified atom stereocenters. The first-order chi connectivity index (χ1) is 15.8. The van der Waals surface area contributed by atoms with Crippen molar-refractivity contribution in [3.8, 4) is 0 Å². The summed E-state index contributed by atoms with van der Waals surface area (Å²) in [5, 5.41) is 11.1. The number of piperazine rings is 1. The van der Waals surface area contributed by atoms with Crippen LogP contribution in [0.4, 0.5) is 20.1 Å². The van der Waals surface area contributed by atoms with Crippen LogP contribution in [0.1, 0.15) is 30.7 Å². The SMILES string of the molecule is CC(C)(c1ccc(Br)cc1)c1csc(NC(=O)NCc2ccnc(N3CCNCC3)c2F)n1. The summed E-state index contributed by atoms with van der Waals surface area (Å²) in [4.78, 5) is 23.2. The van der Waals surface area contributed by atoms with Crippen molar-refractivity contribution >= 4 is 44.2 Å². The highest BCUT2D eigenvalue weighted by atomic mass is 79.9. The van der Waals surface area contributed by atoms with Crippen molar-refractivity contribution in [3.05, 3.63) is 69.0 Å². The number of hydrogen-bond donors (Lipinski definition) is 3. The van der Waals surface area contributed by atoms with Gasteiger partial charge in [0.15, 0.2) is 16.8 Å². The summed E-state index contributed by atoms with van der Waals surface area (Å²) in [6.07, 6.45) is 1.58. The molecule has 0 atom stereocenters. The molecule has 0 bridgehead atoms. The lowest BCUT2D eigenvalue weighted by molar-refractivity contribution is 0.251. The Bertz CT molecular complexity index is 1110. The lowest BCUT2D eigenvalue weighted by Crippen LogP contribution is -2.44. The van der Waals surface area contributed by atoms with Crippen LogP contribution in [-0.2, 0) is 12.0 Å². The molecule has 3 aromatic rings. The summed E-state index contributed by atoms with van der Waals surface area (Å²) in [6.45, 7) is 7.23. The molecule has 0 radical (unpaired) electrons. The van der Waals surface area contributed by atoms with Crippen LogP contribution in [-0.4, -0.2) is 42.2 Å². The van der Waals surface area contributed by atoms with Gasteiger partial charge in [-0.2, -0.15) is 0 Å². The predicted molar refractivity (Wildman–Crippen MR) is 134 cm³/mol. The zero-order valence-corrected chi connectivity index (χ0v) is 20.9. The van der Waals surface area contributed by atoms with Gasteiger partial charge in [0.25, 0.3) is 0 Å². The Hall–Kier alpha value is -2.56. The van der Waals surface area contributed by atoms with E-state index in [0.717, 1.165) is 28.8 Å². The number of halogens is 2. The number of urea groups is 1.